The maximum Gasteiger partial charge on any atom is 0.262 e. The van der Waals surface area contributed by atoms with Crippen molar-refractivity contribution in [1.29, 1.82) is 0 Å². The zero-order chi connectivity index (χ0) is 20.7. The Morgan fingerprint density at radius 1 is 0.900 bits per heavy atom. The summed E-state index contributed by atoms with van der Waals surface area (Å²) < 4.78 is 5.47. The standard InChI is InChI=1S/C23H15Cl2N3O2/c24-15-7-4-8-16(25)20(15)23-27-21(13-5-2-1-3-6-13)22(28-23)14-9-10-18-17(11-14)26-19(29)12-30-18/h1-11H,12H2,(H,26,29)(H,27,28). The fraction of sp³-hybridized carbons (Fsp3) is 0.0435. The zero-order valence-corrected chi connectivity index (χ0v) is 17.1. The molecule has 1 amide bonds. The molecular weight excluding hydrogens is 421 g/mol. The number of nitrogens with zero attached hydrogens (tertiary/aromatic N) is 1. The molecule has 2 N–H and O–H groups in total. The smallest absolute Gasteiger partial charge is 0.262 e. The van der Waals surface area contributed by atoms with Gasteiger partial charge in [0.15, 0.2) is 6.61 Å². The number of nitrogens with one attached hydrogen (secondary N) is 2. The third-order valence-corrected chi connectivity index (χ3v) is 5.48. The Balaban J connectivity index is 1.71. The van der Waals surface area contributed by atoms with Gasteiger partial charge in [-0.05, 0) is 30.3 Å². The molecule has 0 aliphatic carbocycles. The molecule has 0 unspecified atom stereocenters. The highest BCUT2D eigenvalue weighted by atomic mass is 35.5. The predicted octanol–water partition coefficient (Wildman–Crippen LogP) is 6.05. The van der Waals surface area contributed by atoms with Crippen LogP contribution in [0.15, 0.2) is 66.7 Å². The highest BCUT2D eigenvalue weighted by Crippen LogP contribution is 2.40. The molecule has 5 nitrogen and oxygen atoms in total. The number of aromatic nitrogens is 2. The second kappa shape index (κ2) is 7.52. The number of H-pyrrole nitrogens is 1. The molecule has 0 saturated carbocycles. The van der Waals surface area contributed by atoms with Crippen molar-refractivity contribution >= 4 is 34.8 Å². The first-order valence-corrected chi connectivity index (χ1v) is 10.0. The number of imidazole rings is 1. The van der Waals surface area contributed by atoms with Gasteiger partial charge in [-0.1, -0.05) is 59.6 Å². The van der Waals surface area contributed by atoms with Crippen LogP contribution in [0.4, 0.5) is 5.69 Å². The van der Waals surface area contributed by atoms with Crippen molar-refractivity contribution in [3.05, 3.63) is 76.8 Å². The Bertz CT molecular complexity index is 1250. The van der Waals surface area contributed by atoms with Gasteiger partial charge in [0, 0.05) is 11.1 Å². The molecule has 5 rings (SSSR count). The summed E-state index contributed by atoms with van der Waals surface area (Å²) in [6.45, 7) is 0.0131. The second-order valence-electron chi connectivity index (χ2n) is 6.82. The molecule has 4 aromatic rings. The van der Waals surface area contributed by atoms with Gasteiger partial charge in [-0.2, -0.15) is 0 Å². The Labute approximate surface area is 182 Å². The van der Waals surface area contributed by atoms with Gasteiger partial charge in [0.05, 0.1) is 32.7 Å². The second-order valence-corrected chi connectivity index (χ2v) is 7.63. The summed E-state index contributed by atoms with van der Waals surface area (Å²) >= 11 is 12.8. The first-order valence-electron chi connectivity index (χ1n) is 9.27. The minimum absolute atomic E-state index is 0.0131. The van der Waals surface area contributed by atoms with E-state index in [1.54, 1.807) is 18.2 Å². The van der Waals surface area contributed by atoms with Crippen molar-refractivity contribution < 1.29 is 9.53 Å². The maximum absolute atomic E-state index is 11.7. The average molecular weight is 436 g/mol. The quantitative estimate of drug-likeness (QED) is 0.411. The van der Waals surface area contributed by atoms with Crippen molar-refractivity contribution in [1.82, 2.24) is 9.97 Å². The highest BCUT2D eigenvalue weighted by Gasteiger charge is 2.21. The molecule has 0 atom stereocenters. The predicted molar refractivity (Wildman–Crippen MR) is 119 cm³/mol. The van der Waals surface area contributed by atoms with Crippen LogP contribution in [0.3, 0.4) is 0 Å². The summed E-state index contributed by atoms with van der Waals surface area (Å²) in [7, 11) is 0. The van der Waals surface area contributed by atoms with Crippen LogP contribution in [-0.2, 0) is 4.79 Å². The normalized spacial score (nSPS) is 12.8. The summed E-state index contributed by atoms with van der Waals surface area (Å²) in [5.41, 5.74) is 4.58. The van der Waals surface area contributed by atoms with Gasteiger partial charge in [0.1, 0.15) is 11.6 Å². The van der Waals surface area contributed by atoms with E-state index in [1.165, 1.54) is 0 Å². The van der Waals surface area contributed by atoms with Crippen LogP contribution in [0.1, 0.15) is 0 Å². The van der Waals surface area contributed by atoms with E-state index in [0.717, 1.165) is 22.5 Å². The lowest BCUT2D eigenvalue weighted by atomic mass is 10.0. The number of carbonyl (C=O) groups is 1. The van der Waals surface area contributed by atoms with Crippen LogP contribution in [0.25, 0.3) is 33.9 Å². The van der Waals surface area contributed by atoms with Crippen LogP contribution >= 0.6 is 23.2 Å². The van der Waals surface area contributed by atoms with Crippen LogP contribution in [0.5, 0.6) is 5.75 Å². The molecule has 0 saturated heterocycles. The number of carbonyl (C=O) groups excluding carboxylic acids is 1. The Morgan fingerprint density at radius 3 is 2.43 bits per heavy atom. The van der Waals surface area contributed by atoms with Gasteiger partial charge in [0.25, 0.3) is 5.91 Å². The van der Waals surface area contributed by atoms with Crippen molar-refractivity contribution in [2.24, 2.45) is 0 Å². The molecular formula is C23H15Cl2N3O2. The lowest BCUT2D eigenvalue weighted by Crippen LogP contribution is -2.25. The number of halogens is 2. The number of ether oxygens (including phenoxy) is 1. The highest BCUT2D eigenvalue weighted by molar-refractivity contribution is 6.39. The van der Waals surface area contributed by atoms with Gasteiger partial charge in [-0.15, -0.1) is 0 Å². The Kier molecular flexibility index (Phi) is 4.69. The molecule has 2 heterocycles. The van der Waals surface area contributed by atoms with Crippen LogP contribution in [0, 0.1) is 0 Å². The monoisotopic (exact) mass is 435 g/mol. The van der Waals surface area contributed by atoms with E-state index in [9.17, 15) is 4.79 Å². The lowest BCUT2D eigenvalue weighted by Gasteiger charge is -2.18. The van der Waals surface area contributed by atoms with Gasteiger partial charge in [0.2, 0.25) is 0 Å². The van der Waals surface area contributed by atoms with E-state index in [-0.39, 0.29) is 12.5 Å². The van der Waals surface area contributed by atoms with Crippen molar-refractivity contribution in [3.63, 3.8) is 0 Å². The average Bonchev–Trinajstić information content (AvgIpc) is 3.18. The number of fused-ring (bicyclic) bond motifs is 1. The van der Waals surface area contributed by atoms with Gasteiger partial charge in [-0.3, -0.25) is 4.79 Å². The minimum Gasteiger partial charge on any atom is -0.482 e. The van der Waals surface area contributed by atoms with E-state index in [1.807, 2.05) is 48.5 Å². The Hall–Kier alpha value is -3.28. The van der Waals surface area contributed by atoms with Gasteiger partial charge in [-0.25, -0.2) is 4.98 Å². The molecule has 0 radical (unpaired) electrons. The summed E-state index contributed by atoms with van der Waals surface area (Å²) in [5.74, 6) is 1.01. The summed E-state index contributed by atoms with van der Waals surface area (Å²) in [6, 6.07) is 20.8. The Morgan fingerprint density at radius 2 is 1.67 bits per heavy atom. The van der Waals surface area contributed by atoms with Crippen molar-refractivity contribution in [2.45, 2.75) is 0 Å². The van der Waals surface area contributed by atoms with Crippen LogP contribution < -0.4 is 10.1 Å². The van der Waals surface area contributed by atoms with Crippen LogP contribution in [-0.4, -0.2) is 22.5 Å². The molecule has 1 aromatic heterocycles. The molecule has 3 aromatic carbocycles. The molecule has 7 heteroatoms. The number of amides is 1. The maximum atomic E-state index is 11.7. The van der Waals surface area contributed by atoms with Crippen molar-refractivity contribution in [2.75, 3.05) is 11.9 Å². The fourth-order valence-electron chi connectivity index (χ4n) is 3.47. The number of aromatic amines is 1. The molecule has 30 heavy (non-hydrogen) atoms. The largest absolute Gasteiger partial charge is 0.482 e. The molecule has 0 bridgehead atoms. The molecule has 0 spiro atoms. The number of rotatable bonds is 3. The lowest BCUT2D eigenvalue weighted by molar-refractivity contribution is -0.118. The topological polar surface area (TPSA) is 67.0 Å². The summed E-state index contributed by atoms with van der Waals surface area (Å²) in [5, 5.41) is 3.86. The minimum atomic E-state index is -0.187. The number of anilines is 1. The third-order valence-electron chi connectivity index (χ3n) is 4.85. The van der Waals surface area contributed by atoms with E-state index >= 15 is 0 Å². The number of benzene rings is 3. The van der Waals surface area contributed by atoms with E-state index in [2.05, 4.69) is 10.3 Å². The van der Waals surface area contributed by atoms with Gasteiger partial charge < -0.3 is 15.0 Å². The molecule has 148 valence electrons. The first kappa shape index (κ1) is 18.7. The zero-order valence-electron chi connectivity index (χ0n) is 15.6. The van der Waals surface area contributed by atoms with Gasteiger partial charge >= 0.3 is 0 Å². The van der Waals surface area contributed by atoms with E-state index < -0.39 is 0 Å². The van der Waals surface area contributed by atoms with Crippen LogP contribution in [0.2, 0.25) is 10.0 Å². The third kappa shape index (κ3) is 3.32. The molecule has 0 fully saturated rings. The SMILES string of the molecule is O=C1COc2ccc(-c3nc(-c4c(Cl)cccc4Cl)[nH]c3-c3ccccc3)cc2N1. The van der Waals surface area contributed by atoms with E-state index in [0.29, 0.717) is 32.9 Å². The van der Waals surface area contributed by atoms with E-state index in [4.69, 9.17) is 32.9 Å². The van der Waals surface area contributed by atoms with Crippen molar-refractivity contribution in [3.8, 4) is 39.7 Å². The number of hydrogen-bond donors (Lipinski definition) is 2. The summed E-state index contributed by atoms with van der Waals surface area (Å²) in [6.07, 6.45) is 0. The first-order chi connectivity index (χ1) is 14.6. The molecule has 1 aliphatic heterocycles. The summed E-state index contributed by atoms with van der Waals surface area (Å²) in [4.78, 5) is 20.0. The molecule has 1 aliphatic rings. The number of hydrogen-bond acceptors (Lipinski definition) is 3. The fourth-order valence-corrected chi connectivity index (χ4v) is 4.05.